The van der Waals surface area contributed by atoms with Crippen molar-refractivity contribution in [1.82, 2.24) is 9.78 Å². The van der Waals surface area contributed by atoms with E-state index in [0.717, 1.165) is 9.56 Å². The fourth-order valence-corrected chi connectivity index (χ4v) is 3.47. The summed E-state index contributed by atoms with van der Waals surface area (Å²) < 4.78 is 1.13. The van der Waals surface area contributed by atoms with Gasteiger partial charge in [-0.3, -0.25) is 14.9 Å². The number of nitro groups is 1. The maximum atomic E-state index is 12.6. The number of nitrogens with zero attached hydrogens (tertiary/aromatic N) is 4. The molecule has 2 aromatic heterocycles. The minimum absolute atomic E-state index is 0.0578. The fraction of sp³-hybridized carbons (Fsp3) is 0.176. The van der Waals surface area contributed by atoms with Crippen LogP contribution in [0.3, 0.4) is 0 Å². The van der Waals surface area contributed by atoms with E-state index < -0.39 is 10.5 Å². The summed E-state index contributed by atoms with van der Waals surface area (Å²) in [6.45, 7) is 3.28. The van der Waals surface area contributed by atoms with Crippen LogP contribution in [0.4, 0.5) is 11.4 Å². The first kappa shape index (κ1) is 18.1. The lowest BCUT2D eigenvalue weighted by Crippen LogP contribution is -2.28. The zero-order valence-corrected chi connectivity index (χ0v) is 15.4. The molecule has 0 aliphatic heterocycles. The highest BCUT2D eigenvalue weighted by Crippen LogP contribution is 2.25. The number of thiophene rings is 1. The Hall–Kier alpha value is -2.71. The Morgan fingerprint density at radius 3 is 2.62 bits per heavy atom. The van der Waals surface area contributed by atoms with E-state index in [4.69, 9.17) is 11.6 Å². The molecule has 0 bridgehead atoms. The molecule has 7 nitrogen and oxygen atoms in total. The molecule has 0 radical (unpaired) electrons. The van der Waals surface area contributed by atoms with Crippen LogP contribution in [-0.4, -0.2) is 21.2 Å². The number of aromatic nitrogens is 2. The Morgan fingerprint density at radius 1 is 1.31 bits per heavy atom. The second kappa shape index (κ2) is 7.67. The highest BCUT2D eigenvalue weighted by atomic mass is 35.5. The van der Waals surface area contributed by atoms with Gasteiger partial charge in [0.15, 0.2) is 0 Å². The summed E-state index contributed by atoms with van der Waals surface area (Å²) in [6.07, 6.45) is 1.54. The topological polar surface area (TPSA) is 81.3 Å². The van der Waals surface area contributed by atoms with Crippen LogP contribution in [0.25, 0.3) is 5.69 Å². The molecule has 0 N–H and O–H groups in total. The van der Waals surface area contributed by atoms with Crippen LogP contribution in [0, 0.1) is 10.1 Å². The van der Waals surface area contributed by atoms with Crippen LogP contribution < -0.4 is 10.5 Å². The van der Waals surface area contributed by atoms with Crippen LogP contribution in [0.1, 0.15) is 11.8 Å². The summed E-state index contributed by atoms with van der Waals surface area (Å²) in [5.74, 6) is 0. The Bertz CT molecular complexity index is 971. The van der Waals surface area contributed by atoms with E-state index in [2.05, 4.69) is 5.10 Å². The van der Waals surface area contributed by atoms with Gasteiger partial charge in [0.05, 0.1) is 29.0 Å². The molecule has 2 heterocycles. The van der Waals surface area contributed by atoms with Gasteiger partial charge in [0.2, 0.25) is 0 Å². The molecule has 0 spiro atoms. The van der Waals surface area contributed by atoms with Crippen molar-refractivity contribution in [2.45, 2.75) is 13.5 Å². The van der Waals surface area contributed by atoms with E-state index in [1.165, 1.54) is 24.3 Å². The van der Waals surface area contributed by atoms with Gasteiger partial charge in [-0.25, -0.2) is 0 Å². The summed E-state index contributed by atoms with van der Waals surface area (Å²) in [4.78, 5) is 26.0. The van der Waals surface area contributed by atoms with Crippen molar-refractivity contribution in [3.8, 4) is 5.69 Å². The number of hydrogen-bond acceptors (Lipinski definition) is 6. The zero-order chi connectivity index (χ0) is 18.7. The van der Waals surface area contributed by atoms with Gasteiger partial charge in [0.25, 0.3) is 11.2 Å². The first-order chi connectivity index (χ1) is 12.5. The molecule has 3 aromatic rings. The van der Waals surface area contributed by atoms with Gasteiger partial charge in [-0.15, -0.1) is 11.3 Å². The van der Waals surface area contributed by atoms with E-state index in [-0.39, 0.29) is 10.7 Å². The van der Waals surface area contributed by atoms with Gasteiger partial charge in [0, 0.05) is 23.6 Å². The summed E-state index contributed by atoms with van der Waals surface area (Å²) in [7, 11) is 0. The SMILES string of the molecule is CCN(Cc1cccs1)c1cnn(-c2ccc([N+](=O)[O-])cc2)c(=O)c1Cl. The standard InChI is InChI=1S/C17H15ClN4O3S/c1-2-20(11-14-4-3-9-26-14)15-10-19-21(17(23)16(15)18)12-5-7-13(8-6-12)22(24)25/h3-10H,2,11H2,1H3. The Balaban J connectivity index is 1.95. The van der Waals surface area contributed by atoms with E-state index >= 15 is 0 Å². The van der Waals surface area contributed by atoms with Crippen LogP contribution in [0.5, 0.6) is 0 Å². The Labute approximate surface area is 158 Å². The molecular formula is C17H15ClN4O3S. The monoisotopic (exact) mass is 390 g/mol. The molecule has 0 fully saturated rings. The molecule has 0 atom stereocenters. The minimum Gasteiger partial charge on any atom is -0.364 e. The zero-order valence-electron chi connectivity index (χ0n) is 13.8. The lowest BCUT2D eigenvalue weighted by molar-refractivity contribution is -0.384. The summed E-state index contributed by atoms with van der Waals surface area (Å²) in [5.41, 5.74) is 0.446. The molecule has 26 heavy (non-hydrogen) atoms. The van der Waals surface area contributed by atoms with Crippen molar-refractivity contribution >= 4 is 34.3 Å². The number of halogens is 1. The Morgan fingerprint density at radius 2 is 2.04 bits per heavy atom. The number of anilines is 1. The lowest BCUT2D eigenvalue weighted by Gasteiger charge is -2.23. The molecule has 3 rings (SSSR count). The van der Waals surface area contributed by atoms with Crippen molar-refractivity contribution in [3.63, 3.8) is 0 Å². The first-order valence-electron chi connectivity index (χ1n) is 7.81. The van der Waals surface area contributed by atoms with Crippen molar-refractivity contribution in [3.05, 3.63) is 78.3 Å². The smallest absolute Gasteiger partial charge is 0.292 e. The first-order valence-corrected chi connectivity index (χ1v) is 9.07. The molecule has 0 unspecified atom stereocenters. The third-order valence-electron chi connectivity index (χ3n) is 3.85. The van der Waals surface area contributed by atoms with Crippen LogP contribution in [0.15, 0.2) is 52.8 Å². The Kier molecular flexibility index (Phi) is 5.34. The lowest BCUT2D eigenvalue weighted by atomic mass is 10.3. The predicted molar refractivity (Wildman–Crippen MR) is 103 cm³/mol. The van der Waals surface area contributed by atoms with E-state index in [1.807, 2.05) is 29.3 Å². The fourth-order valence-electron chi connectivity index (χ4n) is 2.50. The normalized spacial score (nSPS) is 10.7. The van der Waals surface area contributed by atoms with Gasteiger partial charge in [-0.2, -0.15) is 9.78 Å². The predicted octanol–water partition coefficient (Wildman–Crippen LogP) is 3.88. The number of hydrogen-bond donors (Lipinski definition) is 0. The second-order valence-electron chi connectivity index (χ2n) is 5.43. The molecular weight excluding hydrogens is 376 g/mol. The molecule has 0 aliphatic carbocycles. The van der Waals surface area contributed by atoms with Gasteiger partial charge < -0.3 is 4.90 Å². The number of non-ortho nitro benzene ring substituents is 1. The number of nitro benzene ring substituents is 1. The minimum atomic E-state index is -0.500. The summed E-state index contributed by atoms with van der Waals surface area (Å²) in [6, 6.07) is 9.56. The molecule has 0 aliphatic rings. The molecule has 0 saturated carbocycles. The average molecular weight is 391 g/mol. The molecule has 0 saturated heterocycles. The van der Waals surface area contributed by atoms with Crippen LogP contribution in [-0.2, 0) is 6.54 Å². The molecule has 134 valence electrons. The maximum absolute atomic E-state index is 12.6. The molecule has 9 heteroatoms. The van der Waals surface area contributed by atoms with E-state index in [1.54, 1.807) is 17.5 Å². The van der Waals surface area contributed by atoms with Crippen LogP contribution in [0.2, 0.25) is 5.02 Å². The third kappa shape index (κ3) is 3.61. The van der Waals surface area contributed by atoms with Crippen molar-refractivity contribution in [2.24, 2.45) is 0 Å². The van der Waals surface area contributed by atoms with Crippen molar-refractivity contribution in [2.75, 3.05) is 11.4 Å². The molecule has 0 amide bonds. The molecule has 1 aromatic carbocycles. The van der Waals surface area contributed by atoms with Gasteiger partial charge >= 0.3 is 0 Å². The quantitative estimate of drug-likeness (QED) is 0.471. The highest BCUT2D eigenvalue weighted by molar-refractivity contribution is 7.09. The van der Waals surface area contributed by atoms with Crippen molar-refractivity contribution < 1.29 is 4.92 Å². The van der Waals surface area contributed by atoms with Gasteiger partial charge in [0.1, 0.15) is 5.02 Å². The summed E-state index contributed by atoms with van der Waals surface area (Å²) in [5, 5.41) is 17.0. The number of benzene rings is 1. The van der Waals surface area contributed by atoms with E-state index in [0.29, 0.717) is 24.5 Å². The van der Waals surface area contributed by atoms with Gasteiger partial charge in [-0.05, 0) is 30.5 Å². The second-order valence-corrected chi connectivity index (χ2v) is 6.84. The van der Waals surface area contributed by atoms with Crippen molar-refractivity contribution in [1.29, 1.82) is 0 Å². The highest BCUT2D eigenvalue weighted by Gasteiger charge is 2.16. The maximum Gasteiger partial charge on any atom is 0.292 e. The third-order valence-corrected chi connectivity index (χ3v) is 5.07. The number of rotatable bonds is 6. The average Bonchev–Trinajstić information content (AvgIpc) is 3.15. The largest absolute Gasteiger partial charge is 0.364 e. The summed E-state index contributed by atoms with van der Waals surface area (Å²) >= 11 is 7.96. The van der Waals surface area contributed by atoms with Crippen LogP contribution >= 0.6 is 22.9 Å². The van der Waals surface area contributed by atoms with Gasteiger partial charge in [-0.1, -0.05) is 17.7 Å². The van der Waals surface area contributed by atoms with E-state index in [9.17, 15) is 14.9 Å².